The van der Waals surface area contributed by atoms with E-state index in [9.17, 15) is 0 Å². The first-order valence-electron chi connectivity index (χ1n) is 5.31. The zero-order valence-corrected chi connectivity index (χ0v) is 8.90. The summed E-state index contributed by atoms with van der Waals surface area (Å²) < 4.78 is 0. The monoisotopic (exact) mass is 179 g/mol. The van der Waals surface area contributed by atoms with Gasteiger partial charge in [0.2, 0.25) is 0 Å². The Hall–Kier alpha value is -0.480. The van der Waals surface area contributed by atoms with Gasteiger partial charge in [-0.1, -0.05) is 6.92 Å². The van der Waals surface area contributed by atoms with Crippen LogP contribution in [-0.2, 0) is 0 Å². The minimum Gasteiger partial charge on any atom is -0.317 e. The quantitative estimate of drug-likeness (QED) is 0.516. The standard InChI is InChI=1S/C12H21N/c1-4-5-6-8-12(2)9-7-11(10-12)13-3/h1,11,13H,5-10H2,2-3H3. The molecular formula is C12H21N. The van der Waals surface area contributed by atoms with Gasteiger partial charge < -0.3 is 5.32 Å². The summed E-state index contributed by atoms with van der Waals surface area (Å²) in [6, 6.07) is 0.746. The second-order valence-electron chi connectivity index (χ2n) is 4.60. The summed E-state index contributed by atoms with van der Waals surface area (Å²) in [5.41, 5.74) is 0.560. The van der Waals surface area contributed by atoms with Crippen LogP contribution in [0.4, 0.5) is 0 Å². The van der Waals surface area contributed by atoms with Gasteiger partial charge in [-0.3, -0.25) is 0 Å². The van der Waals surface area contributed by atoms with Crippen LogP contribution in [0, 0.1) is 17.8 Å². The Bertz CT molecular complexity index is 192. The van der Waals surface area contributed by atoms with E-state index in [1.165, 1.54) is 32.1 Å². The Morgan fingerprint density at radius 1 is 1.62 bits per heavy atom. The molecule has 1 heteroatoms. The maximum absolute atomic E-state index is 5.25. The van der Waals surface area contributed by atoms with Gasteiger partial charge in [-0.05, 0) is 44.6 Å². The van der Waals surface area contributed by atoms with E-state index < -0.39 is 0 Å². The second kappa shape index (κ2) is 4.67. The fraction of sp³-hybridized carbons (Fsp3) is 0.833. The van der Waals surface area contributed by atoms with E-state index in [1.54, 1.807) is 0 Å². The highest BCUT2D eigenvalue weighted by Crippen LogP contribution is 2.41. The smallest absolute Gasteiger partial charge is 0.00862 e. The minimum atomic E-state index is 0.560. The van der Waals surface area contributed by atoms with Gasteiger partial charge in [0.05, 0.1) is 0 Å². The number of rotatable bonds is 4. The molecule has 0 spiro atoms. The number of nitrogens with one attached hydrogen (secondary N) is 1. The normalized spacial score (nSPS) is 33.2. The van der Waals surface area contributed by atoms with Crippen molar-refractivity contribution in [2.45, 2.75) is 51.5 Å². The van der Waals surface area contributed by atoms with Crippen molar-refractivity contribution in [1.82, 2.24) is 5.32 Å². The van der Waals surface area contributed by atoms with Crippen molar-refractivity contribution >= 4 is 0 Å². The van der Waals surface area contributed by atoms with Crippen LogP contribution in [0.25, 0.3) is 0 Å². The molecule has 13 heavy (non-hydrogen) atoms. The predicted molar refractivity (Wildman–Crippen MR) is 57.5 cm³/mol. The van der Waals surface area contributed by atoms with E-state index in [-0.39, 0.29) is 0 Å². The summed E-state index contributed by atoms with van der Waals surface area (Å²) >= 11 is 0. The lowest BCUT2D eigenvalue weighted by molar-refractivity contribution is 0.293. The van der Waals surface area contributed by atoms with E-state index in [1.807, 2.05) is 0 Å². The molecule has 0 heterocycles. The molecule has 0 aliphatic heterocycles. The van der Waals surface area contributed by atoms with Crippen molar-refractivity contribution in [3.8, 4) is 12.3 Å². The van der Waals surface area contributed by atoms with Crippen molar-refractivity contribution < 1.29 is 0 Å². The lowest BCUT2D eigenvalue weighted by Crippen LogP contribution is -2.23. The van der Waals surface area contributed by atoms with Crippen LogP contribution in [0.2, 0.25) is 0 Å². The second-order valence-corrected chi connectivity index (χ2v) is 4.60. The Morgan fingerprint density at radius 3 is 2.92 bits per heavy atom. The zero-order chi connectivity index (χ0) is 9.73. The van der Waals surface area contributed by atoms with Crippen molar-refractivity contribution in [3.63, 3.8) is 0 Å². The maximum Gasteiger partial charge on any atom is 0.00862 e. The van der Waals surface area contributed by atoms with Crippen LogP contribution in [-0.4, -0.2) is 13.1 Å². The molecule has 1 nitrogen and oxygen atoms in total. The van der Waals surface area contributed by atoms with Crippen LogP contribution < -0.4 is 5.32 Å². The summed E-state index contributed by atoms with van der Waals surface area (Å²) in [7, 11) is 2.07. The molecule has 1 saturated carbocycles. The summed E-state index contributed by atoms with van der Waals surface area (Å²) in [6.45, 7) is 2.40. The highest BCUT2D eigenvalue weighted by molar-refractivity contribution is 4.90. The average molecular weight is 179 g/mol. The molecule has 74 valence electrons. The van der Waals surface area contributed by atoms with Crippen LogP contribution in [0.3, 0.4) is 0 Å². The molecule has 0 amide bonds. The molecule has 1 aliphatic rings. The summed E-state index contributed by atoms with van der Waals surface area (Å²) in [5.74, 6) is 2.72. The molecule has 0 aromatic carbocycles. The van der Waals surface area contributed by atoms with Crippen LogP contribution in [0.1, 0.15) is 45.4 Å². The van der Waals surface area contributed by atoms with Crippen molar-refractivity contribution in [2.24, 2.45) is 5.41 Å². The molecule has 0 aromatic heterocycles. The number of unbranched alkanes of at least 4 members (excludes halogenated alkanes) is 1. The maximum atomic E-state index is 5.25. The highest BCUT2D eigenvalue weighted by Gasteiger charge is 2.33. The molecule has 1 aliphatic carbocycles. The van der Waals surface area contributed by atoms with E-state index in [4.69, 9.17) is 6.42 Å². The number of hydrogen-bond acceptors (Lipinski definition) is 1. The highest BCUT2D eigenvalue weighted by atomic mass is 14.9. The molecule has 0 bridgehead atoms. The fourth-order valence-corrected chi connectivity index (χ4v) is 2.41. The van der Waals surface area contributed by atoms with E-state index in [0.29, 0.717) is 5.41 Å². The summed E-state index contributed by atoms with van der Waals surface area (Å²) in [6.07, 6.45) is 12.7. The Kier molecular flexibility index (Phi) is 3.81. The van der Waals surface area contributed by atoms with Crippen LogP contribution in [0.15, 0.2) is 0 Å². The topological polar surface area (TPSA) is 12.0 Å². The van der Waals surface area contributed by atoms with Gasteiger partial charge in [-0.2, -0.15) is 0 Å². The largest absolute Gasteiger partial charge is 0.317 e. The predicted octanol–water partition coefficient (Wildman–Crippen LogP) is 2.57. The lowest BCUT2D eigenvalue weighted by atomic mass is 9.83. The molecular weight excluding hydrogens is 158 g/mol. The molecule has 1 fully saturated rings. The number of hydrogen-bond donors (Lipinski definition) is 1. The SMILES string of the molecule is C#CCCCC1(C)CCC(NC)C1. The van der Waals surface area contributed by atoms with Gasteiger partial charge in [0, 0.05) is 12.5 Å². The molecule has 1 N–H and O–H groups in total. The Morgan fingerprint density at radius 2 is 2.38 bits per heavy atom. The number of terminal acetylenes is 1. The van der Waals surface area contributed by atoms with E-state index in [0.717, 1.165) is 12.5 Å². The summed E-state index contributed by atoms with van der Waals surface area (Å²) in [4.78, 5) is 0. The summed E-state index contributed by atoms with van der Waals surface area (Å²) in [5, 5.41) is 3.37. The van der Waals surface area contributed by atoms with E-state index >= 15 is 0 Å². The van der Waals surface area contributed by atoms with Crippen LogP contribution in [0.5, 0.6) is 0 Å². The van der Waals surface area contributed by atoms with Gasteiger partial charge in [-0.25, -0.2) is 0 Å². The lowest BCUT2D eigenvalue weighted by Gasteiger charge is -2.23. The molecule has 0 saturated heterocycles. The van der Waals surface area contributed by atoms with Gasteiger partial charge in [-0.15, -0.1) is 12.3 Å². The molecule has 2 unspecified atom stereocenters. The van der Waals surface area contributed by atoms with Gasteiger partial charge >= 0.3 is 0 Å². The zero-order valence-electron chi connectivity index (χ0n) is 8.90. The van der Waals surface area contributed by atoms with E-state index in [2.05, 4.69) is 25.2 Å². The third kappa shape index (κ3) is 3.04. The third-order valence-electron chi connectivity index (χ3n) is 3.35. The average Bonchev–Trinajstić information content (AvgIpc) is 2.49. The van der Waals surface area contributed by atoms with Gasteiger partial charge in [0.15, 0.2) is 0 Å². The third-order valence-corrected chi connectivity index (χ3v) is 3.35. The molecule has 0 aromatic rings. The Balaban J connectivity index is 2.28. The first-order valence-corrected chi connectivity index (χ1v) is 5.31. The van der Waals surface area contributed by atoms with Crippen molar-refractivity contribution in [1.29, 1.82) is 0 Å². The van der Waals surface area contributed by atoms with Crippen molar-refractivity contribution in [3.05, 3.63) is 0 Å². The fourth-order valence-electron chi connectivity index (χ4n) is 2.41. The first-order chi connectivity index (χ1) is 6.20. The Labute approximate surface area is 82.3 Å². The first kappa shape index (κ1) is 10.6. The van der Waals surface area contributed by atoms with Gasteiger partial charge in [0.25, 0.3) is 0 Å². The molecule has 2 atom stereocenters. The van der Waals surface area contributed by atoms with Crippen molar-refractivity contribution in [2.75, 3.05) is 7.05 Å². The van der Waals surface area contributed by atoms with Crippen LogP contribution >= 0.6 is 0 Å². The molecule has 0 radical (unpaired) electrons. The van der Waals surface area contributed by atoms with Gasteiger partial charge in [0.1, 0.15) is 0 Å². The molecule has 1 rings (SSSR count). The minimum absolute atomic E-state index is 0.560.